The minimum Gasteiger partial charge on any atom is -0.507 e. The Morgan fingerprint density at radius 3 is 2.43 bits per heavy atom. The number of methoxy groups -OCH3 is 1. The summed E-state index contributed by atoms with van der Waals surface area (Å²) in [6, 6.07) is 19.7. The Morgan fingerprint density at radius 1 is 0.826 bits per heavy atom. The highest BCUT2D eigenvalue weighted by atomic mass is 16.5. The highest BCUT2D eigenvalue weighted by molar-refractivity contribution is 6.09. The topological polar surface area (TPSA) is 42.4 Å². The molecule has 0 aliphatic carbocycles. The quantitative estimate of drug-likeness (QED) is 0.542. The van der Waals surface area contributed by atoms with Crippen LogP contribution in [0.5, 0.6) is 11.5 Å². The molecule has 0 fully saturated rings. The molecule has 0 atom stereocenters. The summed E-state index contributed by atoms with van der Waals surface area (Å²) in [6.07, 6.45) is 1.71. The van der Waals surface area contributed by atoms with Gasteiger partial charge in [-0.25, -0.2) is 0 Å². The van der Waals surface area contributed by atoms with E-state index in [1.165, 1.54) is 0 Å². The van der Waals surface area contributed by atoms with E-state index < -0.39 is 0 Å². The molecule has 23 heavy (non-hydrogen) atoms. The molecule has 4 aromatic rings. The van der Waals surface area contributed by atoms with Crippen molar-refractivity contribution in [1.29, 1.82) is 0 Å². The fraction of sp³-hybridized carbons (Fsp3) is 0.0500. The number of phenolic OH excluding ortho intramolecular Hbond substituents is 1. The van der Waals surface area contributed by atoms with Gasteiger partial charge in [-0.3, -0.25) is 4.98 Å². The number of hydrogen-bond acceptors (Lipinski definition) is 3. The number of ether oxygens (including phenoxy) is 1. The summed E-state index contributed by atoms with van der Waals surface area (Å²) in [7, 11) is 1.64. The lowest BCUT2D eigenvalue weighted by Crippen LogP contribution is -1.87. The van der Waals surface area contributed by atoms with E-state index in [0.29, 0.717) is 0 Å². The molecule has 0 radical (unpaired) electrons. The Kier molecular flexibility index (Phi) is 3.12. The summed E-state index contributed by atoms with van der Waals surface area (Å²) in [5.74, 6) is 1.01. The first-order valence-electron chi connectivity index (χ1n) is 7.41. The number of aromatic hydroxyl groups is 1. The van der Waals surface area contributed by atoms with E-state index in [-0.39, 0.29) is 5.75 Å². The molecule has 0 aliphatic rings. The summed E-state index contributed by atoms with van der Waals surface area (Å²) in [5, 5.41) is 13.1. The van der Waals surface area contributed by atoms with Crippen molar-refractivity contribution in [1.82, 2.24) is 4.98 Å². The maximum absolute atomic E-state index is 10.4. The number of rotatable bonds is 2. The zero-order chi connectivity index (χ0) is 15.8. The van der Waals surface area contributed by atoms with Crippen molar-refractivity contribution in [2.75, 3.05) is 7.11 Å². The average molecular weight is 301 g/mol. The van der Waals surface area contributed by atoms with Gasteiger partial charge in [-0.15, -0.1) is 0 Å². The first kappa shape index (κ1) is 13.6. The molecule has 1 N–H and O–H groups in total. The second-order valence-corrected chi connectivity index (χ2v) is 5.46. The van der Waals surface area contributed by atoms with Crippen molar-refractivity contribution in [3.05, 3.63) is 66.9 Å². The van der Waals surface area contributed by atoms with Crippen LogP contribution in [0.3, 0.4) is 0 Å². The van der Waals surface area contributed by atoms with Gasteiger partial charge in [-0.1, -0.05) is 30.3 Å². The minimum absolute atomic E-state index is 0.242. The molecule has 4 rings (SSSR count). The summed E-state index contributed by atoms with van der Waals surface area (Å²) >= 11 is 0. The molecule has 1 aromatic heterocycles. The molecule has 0 amide bonds. The van der Waals surface area contributed by atoms with Crippen molar-refractivity contribution in [2.45, 2.75) is 0 Å². The fourth-order valence-electron chi connectivity index (χ4n) is 2.90. The van der Waals surface area contributed by atoms with Crippen LogP contribution in [0.25, 0.3) is 32.8 Å². The molecule has 0 spiro atoms. The monoisotopic (exact) mass is 301 g/mol. The van der Waals surface area contributed by atoms with Crippen LogP contribution in [0.2, 0.25) is 0 Å². The van der Waals surface area contributed by atoms with E-state index in [0.717, 1.165) is 38.6 Å². The van der Waals surface area contributed by atoms with Crippen LogP contribution in [0, 0.1) is 0 Å². The SMILES string of the molecule is COc1ccc2c(c1)ncc1c(O)cc(-c3ccccc3)cc12. The van der Waals surface area contributed by atoms with Crippen LogP contribution in [0.4, 0.5) is 0 Å². The first-order valence-corrected chi connectivity index (χ1v) is 7.41. The Labute approximate surface area is 133 Å². The average Bonchev–Trinajstić information content (AvgIpc) is 2.61. The van der Waals surface area contributed by atoms with E-state index in [4.69, 9.17) is 4.74 Å². The molecule has 3 heteroatoms. The lowest BCUT2D eigenvalue weighted by Gasteiger charge is -2.10. The Balaban J connectivity index is 2.04. The van der Waals surface area contributed by atoms with E-state index >= 15 is 0 Å². The fourth-order valence-corrected chi connectivity index (χ4v) is 2.90. The number of hydrogen-bond donors (Lipinski definition) is 1. The van der Waals surface area contributed by atoms with E-state index in [2.05, 4.69) is 11.1 Å². The van der Waals surface area contributed by atoms with Crippen LogP contribution in [-0.4, -0.2) is 17.2 Å². The number of aromatic nitrogens is 1. The third-order valence-corrected chi connectivity index (χ3v) is 4.09. The summed E-state index contributed by atoms with van der Waals surface area (Å²) in [5.41, 5.74) is 2.91. The molecule has 1 heterocycles. The number of benzene rings is 3. The summed E-state index contributed by atoms with van der Waals surface area (Å²) in [4.78, 5) is 4.44. The lowest BCUT2D eigenvalue weighted by atomic mass is 9.99. The highest BCUT2D eigenvalue weighted by Gasteiger charge is 2.09. The molecule has 3 aromatic carbocycles. The van der Waals surface area contributed by atoms with E-state index in [9.17, 15) is 5.11 Å². The smallest absolute Gasteiger partial charge is 0.125 e. The van der Waals surface area contributed by atoms with Crippen LogP contribution < -0.4 is 4.74 Å². The number of pyridine rings is 1. The van der Waals surface area contributed by atoms with Gasteiger partial charge in [-0.2, -0.15) is 0 Å². The van der Waals surface area contributed by atoms with Gasteiger partial charge in [0.25, 0.3) is 0 Å². The third-order valence-electron chi connectivity index (χ3n) is 4.09. The van der Waals surface area contributed by atoms with Gasteiger partial charge in [0, 0.05) is 23.0 Å². The molecule has 0 bridgehead atoms. The Bertz CT molecular complexity index is 1010. The molecule has 0 unspecified atom stereocenters. The van der Waals surface area contributed by atoms with Crippen LogP contribution in [-0.2, 0) is 0 Å². The third kappa shape index (κ3) is 2.27. The van der Waals surface area contributed by atoms with Crippen molar-refractivity contribution in [3.8, 4) is 22.6 Å². The van der Waals surface area contributed by atoms with Gasteiger partial charge in [0.15, 0.2) is 0 Å². The molecular weight excluding hydrogens is 286 g/mol. The summed E-state index contributed by atoms with van der Waals surface area (Å²) < 4.78 is 5.26. The number of nitrogens with zero attached hydrogens (tertiary/aromatic N) is 1. The second kappa shape index (κ2) is 5.29. The molecular formula is C20H15NO2. The van der Waals surface area contributed by atoms with E-state index in [1.807, 2.05) is 48.5 Å². The predicted molar refractivity (Wildman–Crippen MR) is 92.9 cm³/mol. The number of phenols is 1. The van der Waals surface area contributed by atoms with Crippen LogP contribution >= 0.6 is 0 Å². The highest BCUT2D eigenvalue weighted by Crippen LogP contribution is 2.35. The van der Waals surface area contributed by atoms with Gasteiger partial charge in [0.1, 0.15) is 11.5 Å². The lowest BCUT2D eigenvalue weighted by molar-refractivity contribution is 0.415. The molecule has 0 aliphatic heterocycles. The van der Waals surface area contributed by atoms with Gasteiger partial charge >= 0.3 is 0 Å². The Morgan fingerprint density at radius 2 is 1.65 bits per heavy atom. The van der Waals surface area contributed by atoms with Crippen LogP contribution in [0.15, 0.2) is 66.9 Å². The number of fused-ring (bicyclic) bond motifs is 3. The Hall–Kier alpha value is -3.07. The van der Waals surface area contributed by atoms with Crippen molar-refractivity contribution < 1.29 is 9.84 Å². The largest absolute Gasteiger partial charge is 0.507 e. The maximum atomic E-state index is 10.4. The standard InChI is InChI=1S/C20H15NO2/c1-23-15-7-8-16-17-9-14(13-5-3-2-4-6-13)10-20(22)18(17)12-21-19(16)11-15/h2-12,22H,1H3. The first-order chi connectivity index (χ1) is 11.3. The molecule has 112 valence electrons. The van der Waals surface area contributed by atoms with Gasteiger partial charge in [-0.05, 0) is 40.8 Å². The zero-order valence-electron chi connectivity index (χ0n) is 12.7. The molecule has 0 saturated carbocycles. The minimum atomic E-state index is 0.242. The predicted octanol–water partition coefficient (Wildman–Crippen LogP) is 4.77. The normalized spacial score (nSPS) is 11.0. The van der Waals surface area contributed by atoms with Gasteiger partial charge in [0.05, 0.1) is 12.6 Å². The maximum Gasteiger partial charge on any atom is 0.125 e. The summed E-state index contributed by atoms with van der Waals surface area (Å²) in [6.45, 7) is 0. The molecule has 3 nitrogen and oxygen atoms in total. The molecule has 0 saturated heterocycles. The van der Waals surface area contributed by atoms with Gasteiger partial charge in [0.2, 0.25) is 0 Å². The van der Waals surface area contributed by atoms with Gasteiger partial charge < -0.3 is 9.84 Å². The van der Waals surface area contributed by atoms with Crippen LogP contribution in [0.1, 0.15) is 0 Å². The van der Waals surface area contributed by atoms with Crippen molar-refractivity contribution in [2.24, 2.45) is 0 Å². The zero-order valence-corrected chi connectivity index (χ0v) is 12.7. The van der Waals surface area contributed by atoms with E-state index in [1.54, 1.807) is 19.4 Å². The van der Waals surface area contributed by atoms with Crippen molar-refractivity contribution >= 4 is 21.7 Å². The second-order valence-electron chi connectivity index (χ2n) is 5.46. The van der Waals surface area contributed by atoms with Crippen molar-refractivity contribution in [3.63, 3.8) is 0 Å².